The van der Waals surface area contributed by atoms with Gasteiger partial charge in [-0.15, -0.1) is 0 Å². The second kappa shape index (κ2) is 6.62. The summed E-state index contributed by atoms with van der Waals surface area (Å²) < 4.78 is 0. The van der Waals surface area contributed by atoms with Crippen molar-refractivity contribution in [2.75, 3.05) is 6.54 Å². The molecule has 0 bridgehead atoms. The summed E-state index contributed by atoms with van der Waals surface area (Å²) in [6.07, 6.45) is 0.828. The normalized spacial score (nSPS) is 12.4. The van der Waals surface area contributed by atoms with E-state index in [1.807, 2.05) is 42.5 Å². The highest BCUT2D eigenvalue weighted by atomic mass is 35.5. The van der Waals surface area contributed by atoms with Crippen LogP contribution < -0.4 is 5.73 Å². The van der Waals surface area contributed by atoms with E-state index in [4.69, 9.17) is 40.5 Å². The number of halogens is 3. The summed E-state index contributed by atoms with van der Waals surface area (Å²) in [7, 11) is 0. The third-order valence-corrected chi connectivity index (χ3v) is 4.08. The first-order chi connectivity index (χ1) is 9.10. The molecule has 2 aromatic rings. The maximum atomic E-state index is 6.03. The summed E-state index contributed by atoms with van der Waals surface area (Å²) in [5.41, 5.74) is 8.17. The quantitative estimate of drug-likeness (QED) is 0.850. The summed E-state index contributed by atoms with van der Waals surface area (Å²) in [4.78, 5) is 0. The average Bonchev–Trinajstić information content (AvgIpc) is 2.41. The first-order valence-corrected chi connectivity index (χ1v) is 7.13. The van der Waals surface area contributed by atoms with Crippen LogP contribution in [-0.2, 0) is 6.42 Å². The third kappa shape index (κ3) is 3.87. The largest absolute Gasteiger partial charge is 0.330 e. The zero-order chi connectivity index (χ0) is 13.8. The van der Waals surface area contributed by atoms with E-state index in [9.17, 15) is 0 Å². The van der Waals surface area contributed by atoms with Crippen molar-refractivity contribution in [3.63, 3.8) is 0 Å². The van der Waals surface area contributed by atoms with Gasteiger partial charge in [-0.25, -0.2) is 0 Å². The van der Waals surface area contributed by atoms with Gasteiger partial charge in [0.05, 0.1) is 10.0 Å². The van der Waals surface area contributed by atoms with Crippen LogP contribution in [0.5, 0.6) is 0 Å². The smallest absolute Gasteiger partial charge is 0.0595 e. The van der Waals surface area contributed by atoms with Crippen LogP contribution in [0.2, 0.25) is 15.1 Å². The van der Waals surface area contributed by atoms with Crippen molar-refractivity contribution in [3.8, 4) is 0 Å². The zero-order valence-corrected chi connectivity index (χ0v) is 12.5. The fourth-order valence-corrected chi connectivity index (χ4v) is 2.47. The number of rotatable bonds is 4. The van der Waals surface area contributed by atoms with E-state index < -0.39 is 0 Å². The predicted molar refractivity (Wildman–Crippen MR) is 83.4 cm³/mol. The second-order valence-electron chi connectivity index (χ2n) is 4.44. The summed E-state index contributed by atoms with van der Waals surface area (Å²) in [5, 5.41) is 1.88. The molecule has 2 aromatic carbocycles. The molecule has 2 rings (SSSR count). The lowest BCUT2D eigenvalue weighted by atomic mass is 9.92. The summed E-state index contributed by atoms with van der Waals surface area (Å²) in [6, 6.07) is 13.5. The molecule has 0 radical (unpaired) electrons. The molecule has 0 spiro atoms. The van der Waals surface area contributed by atoms with Gasteiger partial charge in [0, 0.05) is 10.9 Å². The van der Waals surface area contributed by atoms with E-state index in [-0.39, 0.29) is 5.92 Å². The third-order valence-electron chi connectivity index (χ3n) is 3.09. The van der Waals surface area contributed by atoms with Crippen molar-refractivity contribution in [3.05, 3.63) is 68.7 Å². The van der Waals surface area contributed by atoms with Crippen molar-refractivity contribution < 1.29 is 0 Å². The Morgan fingerprint density at radius 2 is 1.58 bits per heavy atom. The molecular weight excluding hydrogens is 301 g/mol. The van der Waals surface area contributed by atoms with Crippen LogP contribution in [0.3, 0.4) is 0 Å². The van der Waals surface area contributed by atoms with Crippen molar-refractivity contribution in [1.29, 1.82) is 0 Å². The van der Waals surface area contributed by atoms with Gasteiger partial charge in [0.15, 0.2) is 0 Å². The van der Waals surface area contributed by atoms with Gasteiger partial charge in [-0.3, -0.25) is 0 Å². The highest BCUT2D eigenvalue weighted by Gasteiger charge is 2.11. The molecule has 1 atom stereocenters. The molecule has 0 saturated carbocycles. The number of benzene rings is 2. The Kier molecular flexibility index (Phi) is 5.12. The van der Waals surface area contributed by atoms with Gasteiger partial charge in [-0.2, -0.15) is 0 Å². The van der Waals surface area contributed by atoms with Gasteiger partial charge >= 0.3 is 0 Å². The number of nitrogens with two attached hydrogens (primary N) is 1. The summed E-state index contributed by atoms with van der Waals surface area (Å²) >= 11 is 17.8. The molecule has 0 aliphatic rings. The predicted octanol–water partition coefficient (Wildman–Crippen LogP) is 4.93. The van der Waals surface area contributed by atoms with Gasteiger partial charge in [0.25, 0.3) is 0 Å². The minimum Gasteiger partial charge on any atom is -0.330 e. The lowest BCUT2D eigenvalue weighted by Gasteiger charge is -2.16. The molecule has 100 valence electrons. The fourth-order valence-electron chi connectivity index (χ4n) is 2.02. The Morgan fingerprint density at radius 1 is 0.895 bits per heavy atom. The molecule has 19 heavy (non-hydrogen) atoms. The van der Waals surface area contributed by atoms with E-state index in [1.165, 1.54) is 5.56 Å². The van der Waals surface area contributed by atoms with Crippen LogP contribution in [0.4, 0.5) is 0 Å². The SMILES string of the molecule is NCC(Cc1ccc(Cl)c(Cl)c1)c1ccc(Cl)cc1. The molecule has 4 heteroatoms. The summed E-state index contributed by atoms with van der Waals surface area (Å²) in [5.74, 6) is 0.245. The van der Waals surface area contributed by atoms with Crippen LogP contribution in [0.25, 0.3) is 0 Å². The highest BCUT2D eigenvalue weighted by Crippen LogP contribution is 2.26. The van der Waals surface area contributed by atoms with Crippen LogP contribution in [0.1, 0.15) is 17.0 Å². The minimum absolute atomic E-state index is 0.245. The molecule has 0 saturated heterocycles. The van der Waals surface area contributed by atoms with E-state index >= 15 is 0 Å². The minimum atomic E-state index is 0.245. The maximum Gasteiger partial charge on any atom is 0.0595 e. The Morgan fingerprint density at radius 3 is 2.16 bits per heavy atom. The Labute approximate surface area is 128 Å². The average molecular weight is 315 g/mol. The van der Waals surface area contributed by atoms with Gasteiger partial charge in [-0.05, 0) is 48.4 Å². The number of hydrogen-bond acceptors (Lipinski definition) is 1. The topological polar surface area (TPSA) is 26.0 Å². The van der Waals surface area contributed by atoms with E-state index in [0.717, 1.165) is 17.0 Å². The molecule has 0 aliphatic heterocycles. The Balaban J connectivity index is 2.18. The second-order valence-corrected chi connectivity index (χ2v) is 5.69. The van der Waals surface area contributed by atoms with E-state index in [0.29, 0.717) is 16.6 Å². The lowest BCUT2D eigenvalue weighted by Crippen LogP contribution is -2.15. The maximum absolute atomic E-state index is 6.03. The first-order valence-electron chi connectivity index (χ1n) is 5.99. The molecule has 0 heterocycles. The standard InChI is InChI=1S/C15H14Cl3N/c16-13-4-2-11(3-5-13)12(9-19)7-10-1-6-14(17)15(18)8-10/h1-6,8,12H,7,9,19H2. The molecule has 0 aromatic heterocycles. The van der Waals surface area contributed by atoms with Crippen LogP contribution in [0.15, 0.2) is 42.5 Å². The van der Waals surface area contributed by atoms with Gasteiger partial charge in [-0.1, -0.05) is 53.0 Å². The molecule has 0 fully saturated rings. The van der Waals surface area contributed by atoms with E-state index in [2.05, 4.69) is 0 Å². The van der Waals surface area contributed by atoms with Crippen molar-refractivity contribution in [1.82, 2.24) is 0 Å². The van der Waals surface area contributed by atoms with Crippen molar-refractivity contribution in [2.45, 2.75) is 12.3 Å². The van der Waals surface area contributed by atoms with Crippen LogP contribution in [0, 0.1) is 0 Å². The fraction of sp³-hybridized carbons (Fsp3) is 0.200. The lowest BCUT2D eigenvalue weighted by molar-refractivity contribution is 0.694. The van der Waals surface area contributed by atoms with Gasteiger partial charge in [0.2, 0.25) is 0 Å². The highest BCUT2D eigenvalue weighted by molar-refractivity contribution is 6.42. The Bertz CT molecular complexity index is 552. The molecule has 1 nitrogen and oxygen atoms in total. The van der Waals surface area contributed by atoms with E-state index in [1.54, 1.807) is 0 Å². The molecule has 1 unspecified atom stereocenters. The molecular formula is C15H14Cl3N. The van der Waals surface area contributed by atoms with Crippen molar-refractivity contribution in [2.24, 2.45) is 5.73 Å². The van der Waals surface area contributed by atoms with Crippen LogP contribution in [-0.4, -0.2) is 6.54 Å². The number of hydrogen-bond donors (Lipinski definition) is 1. The summed E-state index contributed by atoms with van der Waals surface area (Å²) in [6.45, 7) is 0.571. The zero-order valence-electron chi connectivity index (χ0n) is 10.2. The Hall–Kier alpha value is -0.730. The van der Waals surface area contributed by atoms with Gasteiger partial charge < -0.3 is 5.73 Å². The molecule has 2 N–H and O–H groups in total. The van der Waals surface area contributed by atoms with Crippen LogP contribution >= 0.6 is 34.8 Å². The molecule has 0 amide bonds. The van der Waals surface area contributed by atoms with Crippen molar-refractivity contribution >= 4 is 34.8 Å². The monoisotopic (exact) mass is 313 g/mol. The molecule has 0 aliphatic carbocycles. The van der Waals surface area contributed by atoms with Gasteiger partial charge in [0.1, 0.15) is 0 Å². The first kappa shape index (κ1) is 14.7.